The molecular formula is C25H26ClN3O2. The van der Waals surface area contributed by atoms with Crippen LogP contribution in [0.15, 0.2) is 77.7 Å². The van der Waals surface area contributed by atoms with Crippen LogP contribution in [0, 0.1) is 0 Å². The Balaban J connectivity index is 1.50. The van der Waals surface area contributed by atoms with Gasteiger partial charge in [-0.2, -0.15) is 0 Å². The van der Waals surface area contributed by atoms with Crippen LogP contribution >= 0.6 is 11.6 Å². The summed E-state index contributed by atoms with van der Waals surface area (Å²) >= 11 is 6.21. The number of carbonyl (C=O) groups excluding carboxylic acids is 1. The molecule has 1 aromatic heterocycles. The van der Waals surface area contributed by atoms with E-state index < -0.39 is 0 Å². The van der Waals surface area contributed by atoms with Crippen molar-refractivity contribution in [3.63, 3.8) is 0 Å². The van der Waals surface area contributed by atoms with E-state index in [0.717, 1.165) is 37.1 Å². The van der Waals surface area contributed by atoms with E-state index in [2.05, 4.69) is 10.2 Å². The lowest BCUT2D eigenvalue weighted by atomic mass is 10.1. The van der Waals surface area contributed by atoms with Crippen molar-refractivity contribution in [3.05, 3.63) is 105 Å². The lowest BCUT2D eigenvalue weighted by molar-refractivity contribution is 0.0936. The number of hydrogen-bond donors (Lipinski definition) is 1. The lowest BCUT2D eigenvalue weighted by Crippen LogP contribution is -2.39. The van der Waals surface area contributed by atoms with Gasteiger partial charge in [-0.3, -0.25) is 14.5 Å². The fourth-order valence-electron chi connectivity index (χ4n) is 4.12. The van der Waals surface area contributed by atoms with Gasteiger partial charge >= 0.3 is 0 Å². The number of likely N-dealkylation sites (tertiary alicyclic amines) is 1. The molecule has 160 valence electrons. The van der Waals surface area contributed by atoms with Crippen LogP contribution in [0.25, 0.3) is 0 Å². The van der Waals surface area contributed by atoms with Gasteiger partial charge in [-0.15, -0.1) is 0 Å². The zero-order chi connectivity index (χ0) is 21.6. The first-order chi connectivity index (χ1) is 15.1. The van der Waals surface area contributed by atoms with E-state index in [1.165, 1.54) is 0 Å². The van der Waals surface area contributed by atoms with E-state index in [9.17, 15) is 9.59 Å². The van der Waals surface area contributed by atoms with Crippen LogP contribution in [-0.2, 0) is 6.54 Å². The van der Waals surface area contributed by atoms with Crippen LogP contribution in [-0.4, -0.2) is 35.0 Å². The van der Waals surface area contributed by atoms with Gasteiger partial charge in [0.2, 0.25) is 0 Å². The molecule has 0 spiro atoms. The molecule has 0 bridgehead atoms. The minimum Gasteiger partial charge on any atom is -0.350 e. The van der Waals surface area contributed by atoms with Gasteiger partial charge in [-0.1, -0.05) is 54.1 Å². The molecule has 1 saturated heterocycles. The predicted octanol–water partition coefficient (Wildman–Crippen LogP) is 4.12. The molecule has 31 heavy (non-hydrogen) atoms. The predicted molar refractivity (Wildman–Crippen MR) is 124 cm³/mol. The van der Waals surface area contributed by atoms with Gasteiger partial charge < -0.3 is 9.88 Å². The Kier molecular flexibility index (Phi) is 6.85. The number of rotatable bonds is 7. The van der Waals surface area contributed by atoms with Crippen LogP contribution in [0.1, 0.15) is 40.4 Å². The number of carbonyl (C=O) groups is 1. The second-order valence-electron chi connectivity index (χ2n) is 7.86. The number of aromatic nitrogens is 1. The number of amides is 1. The van der Waals surface area contributed by atoms with Gasteiger partial charge in [0.25, 0.3) is 11.5 Å². The Labute approximate surface area is 187 Å². The highest BCUT2D eigenvalue weighted by Crippen LogP contribution is 2.26. The maximum Gasteiger partial charge on any atom is 0.263 e. The molecule has 6 heteroatoms. The van der Waals surface area contributed by atoms with Crippen LogP contribution in [0.3, 0.4) is 0 Å². The zero-order valence-electron chi connectivity index (χ0n) is 17.3. The third kappa shape index (κ3) is 5.24. The molecule has 1 atom stereocenters. The SMILES string of the molecule is O=C(NCC(c1cccc(Cl)c1)N1CCCC1)c1cccn(Cc2ccccc2)c1=O. The second kappa shape index (κ2) is 9.94. The summed E-state index contributed by atoms with van der Waals surface area (Å²) in [5, 5.41) is 3.67. The van der Waals surface area contributed by atoms with Crippen molar-refractivity contribution in [2.75, 3.05) is 19.6 Å². The number of halogens is 1. The molecule has 1 N–H and O–H groups in total. The van der Waals surface area contributed by atoms with Crippen molar-refractivity contribution in [2.45, 2.75) is 25.4 Å². The van der Waals surface area contributed by atoms with Crippen molar-refractivity contribution >= 4 is 17.5 Å². The van der Waals surface area contributed by atoms with Crippen LogP contribution in [0.5, 0.6) is 0 Å². The fraction of sp³-hybridized carbons (Fsp3) is 0.280. The number of benzene rings is 2. The molecule has 2 aromatic carbocycles. The van der Waals surface area contributed by atoms with Gasteiger partial charge in [-0.05, 0) is 61.3 Å². The van der Waals surface area contributed by atoms with Gasteiger partial charge in [0, 0.05) is 17.8 Å². The molecule has 1 aliphatic rings. The van der Waals surface area contributed by atoms with Crippen molar-refractivity contribution in [2.24, 2.45) is 0 Å². The lowest BCUT2D eigenvalue weighted by Gasteiger charge is -2.28. The third-order valence-electron chi connectivity index (χ3n) is 5.73. The zero-order valence-corrected chi connectivity index (χ0v) is 18.1. The molecule has 4 rings (SSSR count). The Bertz CT molecular complexity index is 1090. The van der Waals surface area contributed by atoms with Gasteiger partial charge in [0.15, 0.2) is 0 Å². The van der Waals surface area contributed by atoms with Gasteiger partial charge in [-0.25, -0.2) is 0 Å². The van der Waals surface area contributed by atoms with Crippen LogP contribution < -0.4 is 10.9 Å². The number of pyridine rings is 1. The summed E-state index contributed by atoms with van der Waals surface area (Å²) in [5.41, 5.74) is 1.95. The number of hydrogen-bond acceptors (Lipinski definition) is 3. The highest BCUT2D eigenvalue weighted by molar-refractivity contribution is 6.30. The number of nitrogens with zero attached hydrogens (tertiary/aromatic N) is 2. The monoisotopic (exact) mass is 435 g/mol. The maximum absolute atomic E-state index is 12.9. The summed E-state index contributed by atoms with van der Waals surface area (Å²) in [6, 6.07) is 20.9. The first-order valence-corrected chi connectivity index (χ1v) is 11.0. The van der Waals surface area contributed by atoms with Crippen LogP contribution in [0.2, 0.25) is 5.02 Å². The van der Waals surface area contributed by atoms with E-state index in [4.69, 9.17) is 11.6 Å². The smallest absolute Gasteiger partial charge is 0.263 e. The van der Waals surface area contributed by atoms with E-state index in [-0.39, 0.29) is 23.1 Å². The first kappa shape index (κ1) is 21.3. The van der Waals surface area contributed by atoms with Crippen molar-refractivity contribution < 1.29 is 4.79 Å². The van der Waals surface area contributed by atoms with Crippen molar-refractivity contribution in [1.29, 1.82) is 0 Å². The van der Waals surface area contributed by atoms with Crippen LogP contribution in [0.4, 0.5) is 0 Å². The van der Waals surface area contributed by atoms with E-state index in [1.54, 1.807) is 22.9 Å². The first-order valence-electron chi connectivity index (χ1n) is 10.6. The average Bonchev–Trinajstić information content (AvgIpc) is 3.31. The highest BCUT2D eigenvalue weighted by atomic mass is 35.5. The minimum absolute atomic E-state index is 0.0282. The van der Waals surface area contributed by atoms with E-state index in [1.807, 2.05) is 54.6 Å². The minimum atomic E-state index is -0.348. The molecule has 3 aromatic rings. The molecule has 1 amide bonds. The summed E-state index contributed by atoms with van der Waals surface area (Å²) in [7, 11) is 0. The summed E-state index contributed by atoms with van der Waals surface area (Å²) in [5.74, 6) is -0.348. The molecule has 0 radical (unpaired) electrons. The van der Waals surface area contributed by atoms with Crippen molar-refractivity contribution in [3.8, 4) is 0 Å². The Morgan fingerprint density at radius 2 is 1.77 bits per heavy atom. The molecule has 1 unspecified atom stereocenters. The molecule has 0 aliphatic carbocycles. The van der Waals surface area contributed by atoms with Gasteiger partial charge in [0.1, 0.15) is 5.56 Å². The Morgan fingerprint density at radius 1 is 1.00 bits per heavy atom. The normalized spacial score (nSPS) is 15.0. The standard InChI is InChI=1S/C25H26ClN3O2/c26-21-11-6-10-20(16-21)23(28-13-4-5-14-28)17-27-24(30)22-12-7-15-29(25(22)31)18-19-8-2-1-3-9-19/h1-3,6-12,15-16,23H,4-5,13-14,17-18H2,(H,27,30). The topological polar surface area (TPSA) is 54.3 Å². The summed E-state index contributed by atoms with van der Waals surface area (Å²) in [4.78, 5) is 28.2. The molecule has 1 aliphatic heterocycles. The average molecular weight is 436 g/mol. The van der Waals surface area contributed by atoms with Gasteiger partial charge in [0.05, 0.1) is 12.6 Å². The van der Waals surface area contributed by atoms with Crippen molar-refractivity contribution in [1.82, 2.24) is 14.8 Å². The van der Waals surface area contributed by atoms with E-state index >= 15 is 0 Å². The Morgan fingerprint density at radius 3 is 2.52 bits per heavy atom. The Hall–Kier alpha value is -2.89. The molecule has 5 nitrogen and oxygen atoms in total. The summed E-state index contributed by atoms with van der Waals surface area (Å²) in [6.07, 6.45) is 4.01. The molecule has 2 heterocycles. The molecule has 1 fully saturated rings. The third-order valence-corrected chi connectivity index (χ3v) is 5.97. The summed E-state index contributed by atoms with van der Waals surface area (Å²) < 4.78 is 1.57. The highest BCUT2D eigenvalue weighted by Gasteiger charge is 2.25. The largest absolute Gasteiger partial charge is 0.350 e. The number of nitrogens with one attached hydrogen (secondary N) is 1. The summed E-state index contributed by atoms with van der Waals surface area (Å²) in [6.45, 7) is 2.83. The molecule has 0 saturated carbocycles. The van der Waals surface area contributed by atoms with E-state index in [0.29, 0.717) is 18.1 Å². The quantitative estimate of drug-likeness (QED) is 0.607. The fourth-order valence-corrected chi connectivity index (χ4v) is 4.32. The molecular weight excluding hydrogens is 410 g/mol. The maximum atomic E-state index is 12.9. The second-order valence-corrected chi connectivity index (χ2v) is 8.30.